The van der Waals surface area contributed by atoms with E-state index in [2.05, 4.69) is 27.5 Å². The molecule has 0 unspecified atom stereocenters. The molecule has 0 amide bonds. The zero-order chi connectivity index (χ0) is 16.4. The van der Waals surface area contributed by atoms with Crippen LogP contribution >= 0.6 is 34.2 Å². The van der Waals surface area contributed by atoms with Gasteiger partial charge in [0.1, 0.15) is 0 Å². The van der Waals surface area contributed by atoms with Crippen LogP contribution in [0.15, 0.2) is 53.4 Å². The summed E-state index contributed by atoms with van der Waals surface area (Å²) in [4.78, 5) is 2.54. The maximum atomic E-state index is 12.7. The van der Waals surface area contributed by atoms with Gasteiger partial charge in [-0.25, -0.2) is 8.42 Å². The van der Waals surface area contributed by atoms with Crippen molar-refractivity contribution in [3.8, 4) is 0 Å². The van der Waals surface area contributed by atoms with E-state index in [-0.39, 0.29) is 0 Å². The van der Waals surface area contributed by atoms with Gasteiger partial charge in [-0.3, -0.25) is 0 Å². The number of hydrogen-bond donors (Lipinski definition) is 0. The maximum absolute atomic E-state index is 12.7. The number of nitrogens with zero attached hydrogens (tertiary/aromatic N) is 2. The van der Waals surface area contributed by atoms with Crippen molar-refractivity contribution in [2.45, 2.75) is 4.90 Å². The molecular weight excluding hydrogens is 447 g/mol. The summed E-state index contributed by atoms with van der Waals surface area (Å²) >= 11 is 8.07. The van der Waals surface area contributed by atoms with Gasteiger partial charge in [-0.05, 0) is 71.1 Å². The number of rotatable bonds is 3. The van der Waals surface area contributed by atoms with Crippen molar-refractivity contribution in [3.63, 3.8) is 0 Å². The van der Waals surface area contributed by atoms with E-state index in [0.717, 1.165) is 9.26 Å². The smallest absolute Gasteiger partial charge is 0.243 e. The van der Waals surface area contributed by atoms with Crippen molar-refractivity contribution in [1.29, 1.82) is 0 Å². The van der Waals surface area contributed by atoms with Gasteiger partial charge in [-0.1, -0.05) is 11.6 Å². The third-order valence-corrected chi connectivity index (χ3v) is 6.77. The number of sulfonamides is 1. The van der Waals surface area contributed by atoms with E-state index >= 15 is 0 Å². The molecule has 122 valence electrons. The van der Waals surface area contributed by atoms with Gasteiger partial charge in [0.25, 0.3) is 0 Å². The summed E-state index contributed by atoms with van der Waals surface area (Å²) in [7, 11) is -3.41. The van der Waals surface area contributed by atoms with Gasteiger partial charge >= 0.3 is 0 Å². The molecule has 23 heavy (non-hydrogen) atoms. The van der Waals surface area contributed by atoms with Gasteiger partial charge < -0.3 is 4.90 Å². The molecule has 4 nitrogen and oxygen atoms in total. The van der Waals surface area contributed by atoms with E-state index in [0.29, 0.717) is 36.1 Å². The monoisotopic (exact) mass is 462 g/mol. The number of anilines is 1. The van der Waals surface area contributed by atoms with E-state index in [1.807, 2.05) is 36.4 Å². The second-order valence-corrected chi connectivity index (χ2v) is 8.94. The molecule has 1 saturated heterocycles. The van der Waals surface area contributed by atoms with Crippen LogP contribution in [-0.2, 0) is 10.0 Å². The van der Waals surface area contributed by atoms with Gasteiger partial charge in [-0.15, -0.1) is 0 Å². The molecule has 7 heteroatoms. The molecule has 3 rings (SSSR count). The van der Waals surface area contributed by atoms with Crippen LogP contribution in [0.4, 0.5) is 5.69 Å². The van der Waals surface area contributed by atoms with E-state index in [1.54, 1.807) is 16.4 Å². The zero-order valence-corrected chi connectivity index (χ0v) is 16.1. The molecule has 2 aromatic carbocycles. The van der Waals surface area contributed by atoms with Crippen LogP contribution in [0.2, 0.25) is 5.02 Å². The number of piperazine rings is 1. The fourth-order valence-corrected chi connectivity index (χ4v) is 4.50. The normalized spacial score (nSPS) is 16.5. The predicted octanol–water partition coefficient (Wildman–Crippen LogP) is 3.46. The summed E-state index contributed by atoms with van der Waals surface area (Å²) in [6, 6.07) is 14.6. The molecule has 1 fully saturated rings. The topological polar surface area (TPSA) is 40.6 Å². The number of hydrogen-bond acceptors (Lipinski definition) is 3. The average Bonchev–Trinajstić information content (AvgIpc) is 2.56. The van der Waals surface area contributed by atoms with Crippen LogP contribution in [0.3, 0.4) is 0 Å². The van der Waals surface area contributed by atoms with Crippen molar-refractivity contribution in [1.82, 2.24) is 4.31 Å². The highest BCUT2D eigenvalue weighted by Crippen LogP contribution is 2.23. The Balaban J connectivity index is 1.70. The zero-order valence-electron chi connectivity index (χ0n) is 12.3. The van der Waals surface area contributed by atoms with Crippen molar-refractivity contribution in [2.24, 2.45) is 0 Å². The highest BCUT2D eigenvalue weighted by atomic mass is 127. The van der Waals surface area contributed by atoms with Crippen LogP contribution < -0.4 is 4.90 Å². The summed E-state index contributed by atoms with van der Waals surface area (Å²) in [5.41, 5.74) is 1.07. The Morgan fingerprint density at radius 3 is 2.00 bits per heavy atom. The molecule has 0 atom stereocenters. The summed E-state index contributed by atoms with van der Waals surface area (Å²) in [6.07, 6.45) is 0. The minimum Gasteiger partial charge on any atom is -0.369 e. The minimum absolute atomic E-state index is 0.359. The van der Waals surface area contributed by atoms with Crippen molar-refractivity contribution in [2.75, 3.05) is 31.1 Å². The Morgan fingerprint density at radius 1 is 0.870 bits per heavy atom. The Morgan fingerprint density at radius 2 is 1.43 bits per heavy atom. The SMILES string of the molecule is O=S(=O)(c1ccc(I)cc1)N1CCN(c2ccc(Cl)cc2)CC1. The molecule has 1 aliphatic rings. The first-order chi connectivity index (χ1) is 11.0. The van der Waals surface area contributed by atoms with Gasteiger partial charge in [-0.2, -0.15) is 4.31 Å². The van der Waals surface area contributed by atoms with E-state index in [9.17, 15) is 8.42 Å². The summed E-state index contributed by atoms with van der Waals surface area (Å²) in [5, 5.41) is 0.702. The Kier molecular flexibility index (Phi) is 5.15. The summed E-state index contributed by atoms with van der Waals surface area (Å²) in [6.45, 7) is 2.31. The molecule has 1 aliphatic heterocycles. The predicted molar refractivity (Wildman–Crippen MR) is 102 cm³/mol. The fourth-order valence-electron chi connectivity index (χ4n) is 2.59. The van der Waals surface area contributed by atoms with Crippen LogP contribution in [0.25, 0.3) is 0 Å². The number of halogens is 2. The van der Waals surface area contributed by atoms with Crippen LogP contribution in [0.5, 0.6) is 0 Å². The van der Waals surface area contributed by atoms with Gasteiger partial charge in [0.15, 0.2) is 0 Å². The molecule has 2 aromatic rings. The molecule has 0 bridgehead atoms. The van der Waals surface area contributed by atoms with Gasteiger partial charge in [0, 0.05) is 40.5 Å². The molecule has 1 heterocycles. The maximum Gasteiger partial charge on any atom is 0.243 e. The third kappa shape index (κ3) is 3.81. The summed E-state index contributed by atoms with van der Waals surface area (Å²) in [5.74, 6) is 0. The van der Waals surface area contributed by atoms with Gasteiger partial charge in [0.2, 0.25) is 10.0 Å². The Labute approximate surface area is 155 Å². The highest BCUT2D eigenvalue weighted by Gasteiger charge is 2.28. The molecule has 0 radical (unpaired) electrons. The highest BCUT2D eigenvalue weighted by molar-refractivity contribution is 14.1. The number of benzene rings is 2. The molecule has 0 N–H and O–H groups in total. The van der Waals surface area contributed by atoms with Crippen molar-refractivity contribution >= 4 is 49.9 Å². The van der Waals surface area contributed by atoms with Crippen LogP contribution in [0.1, 0.15) is 0 Å². The molecular formula is C16H16ClIN2O2S. The minimum atomic E-state index is -3.41. The van der Waals surface area contributed by atoms with Crippen LogP contribution in [-0.4, -0.2) is 38.9 Å². The molecule has 0 saturated carbocycles. The fraction of sp³-hybridized carbons (Fsp3) is 0.250. The second-order valence-electron chi connectivity index (χ2n) is 5.32. The average molecular weight is 463 g/mol. The Hall–Kier alpha value is -0.830. The second kappa shape index (κ2) is 6.96. The first-order valence-electron chi connectivity index (χ1n) is 7.23. The lowest BCUT2D eigenvalue weighted by Gasteiger charge is -2.35. The first kappa shape index (κ1) is 17.0. The third-order valence-electron chi connectivity index (χ3n) is 3.88. The van der Waals surface area contributed by atoms with Crippen molar-refractivity contribution < 1.29 is 8.42 Å². The molecule has 0 spiro atoms. The standard InChI is InChI=1S/C16H16ClIN2O2S/c17-13-1-5-15(6-2-13)19-9-11-20(12-10-19)23(21,22)16-7-3-14(18)4-8-16/h1-8H,9-12H2. The van der Waals surface area contributed by atoms with E-state index in [4.69, 9.17) is 11.6 Å². The van der Waals surface area contributed by atoms with Crippen LogP contribution in [0, 0.1) is 3.57 Å². The lowest BCUT2D eigenvalue weighted by atomic mass is 10.2. The van der Waals surface area contributed by atoms with E-state index < -0.39 is 10.0 Å². The molecule has 0 aromatic heterocycles. The van der Waals surface area contributed by atoms with Crippen molar-refractivity contribution in [3.05, 3.63) is 57.1 Å². The van der Waals surface area contributed by atoms with Gasteiger partial charge in [0.05, 0.1) is 4.90 Å². The van der Waals surface area contributed by atoms with E-state index in [1.165, 1.54) is 0 Å². The lowest BCUT2D eigenvalue weighted by molar-refractivity contribution is 0.385. The largest absolute Gasteiger partial charge is 0.369 e. The molecule has 0 aliphatic carbocycles. The first-order valence-corrected chi connectivity index (χ1v) is 10.1. The lowest BCUT2D eigenvalue weighted by Crippen LogP contribution is -2.48. The summed E-state index contributed by atoms with van der Waals surface area (Å²) < 4.78 is 27.9. The quantitative estimate of drug-likeness (QED) is 0.656. The Bertz CT molecular complexity index is 771.